The van der Waals surface area contributed by atoms with Gasteiger partial charge in [-0.05, 0) is 51.0 Å². The van der Waals surface area contributed by atoms with Crippen LogP contribution in [-0.2, 0) is 0 Å². The third kappa shape index (κ3) is 3.19. The SMILES string of the molecule is CN(CC(=O)c1ccccc1)C1CCC2(CC1)CC(N)C2. The van der Waals surface area contributed by atoms with E-state index in [4.69, 9.17) is 5.73 Å². The topological polar surface area (TPSA) is 46.3 Å². The first-order valence-corrected chi connectivity index (χ1v) is 8.12. The lowest BCUT2D eigenvalue weighted by Crippen LogP contribution is -2.50. The fourth-order valence-electron chi connectivity index (χ4n) is 4.19. The Morgan fingerprint density at radius 1 is 1.24 bits per heavy atom. The lowest BCUT2D eigenvalue weighted by atomic mass is 9.58. The number of Topliss-reactive ketones (excluding diaryl/α,β-unsaturated/α-hetero) is 1. The van der Waals surface area contributed by atoms with Crippen molar-refractivity contribution in [1.82, 2.24) is 4.90 Å². The first kappa shape index (κ1) is 14.7. The fraction of sp³-hybridized carbons (Fsp3) is 0.611. The summed E-state index contributed by atoms with van der Waals surface area (Å²) < 4.78 is 0. The third-order valence-electron chi connectivity index (χ3n) is 5.52. The van der Waals surface area contributed by atoms with Crippen LogP contribution in [0.15, 0.2) is 30.3 Å². The van der Waals surface area contributed by atoms with Crippen molar-refractivity contribution in [2.75, 3.05) is 13.6 Å². The van der Waals surface area contributed by atoms with Gasteiger partial charge in [-0.1, -0.05) is 30.3 Å². The molecule has 2 fully saturated rings. The summed E-state index contributed by atoms with van der Waals surface area (Å²) in [7, 11) is 2.09. The minimum atomic E-state index is 0.226. The lowest BCUT2D eigenvalue weighted by molar-refractivity contribution is 0.0229. The normalized spacial score (nSPS) is 32.1. The van der Waals surface area contributed by atoms with Gasteiger partial charge in [0.25, 0.3) is 0 Å². The van der Waals surface area contributed by atoms with E-state index in [1.54, 1.807) is 0 Å². The van der Waals surface area contributed by atoms with Gasteiger partial charge in [0, 0.05) is 17.6 Å². The lowest BCUT2D eigenvalue weighted by Gasteiger charge is -2.51. The molecular weight excluding hydrogens is 260 g/mol. The number of ketones is 1. The van der Waals surface area contributed by atoms with Crippen LogP contribution in [0.1, 0.15) is 48.9 Å². The van der Waals surface area contributed by atoms with Crippen LogP contribution < -0.4 is 5.73 Å². The van der Waals surface area contributed by atoms with Crippen LogP contribution in [0, 0.1) is 5.41 Å². The zero-order chi connectivity index (χ0) is 14.9. The Balaban J connectivity index is 1.50. The molecule has 0 unspecified atom stereocenters. The molecule has 0 heterocycles. The number of hydrogen-bond acceptors (Lipinski definition) is 3. The highest BCUT2D eigenvalue weighted by atomic mass is 16.1. The van der Waals surface area contributed by atoms with Gasteiger partial charge in [0.2, 0.25) is 0 Å². The summed E-state index contributed by atoms with van der Waals surface area (Å²) in [6.45, 7) is 0.529. The largest absolute Gasteiger partial charge is 0.328 e. The van der Waals surface area contributed by atoms with Crippen LogP contribution in [0.25, 0.3) is 0 Å². The number of likely N-dealkylation sites (N-methyl/N-ethyl adjacent to an activating group) is 1. The monoisotopic (exact) mass is 286 g/mol. The molecule has 1 aromatic carbocycles. The van der Waals surface area contributed by atoms with Gasteiger partial charge in [0.1, 0.15) is 0 Å². The summed E-state index contributed by atoms with van der Waals surface area (Å²) in [5.74, 6) is 0.226. The van der Waals surface area contributed by atoms with Crippen LogP contribution in [0.5, 0.6) is 0 Å². The van der Waals surface area contributed by atoms with Crippen LogP contribution >= 0.6 is 0 Å². The first-order chi connectivity index (χ1) is 10.1. The van der Waals surface area contributed by atoms with E-state index in [9.17, 15) is 4.79 Å². The second-order valence-electron chi connectivity index (χ2n) is 7.10. The maximum Gasteiger partial charge on any atom is 0.176 e. The number of carbonyl (C=O) groups is 1. The van der Waals surface area contributed by atoms with Crippen molar-refractivity contribution >= 4 is 5.78 Å². The van der Waals surface area contributed by atoms with Crippen molar-refractivity contribution in [2.45, 2.75) is 50.6 Å². The molecule has 0 atom stereocenters. The van der Waals surface area contributed by atoms with Gasteiger partial charge in [-0.25, -0.2) is 0 Å². The van der Waals surface area contributed by atoms with E-state index >= 15 is 0 Å². The number of hydrogen-bond donors (Lipinski definition) is 1. The van der Waals surface area contributed by atoms with Crippen LogP contribution in [0.4, 0.5) is 0 Å². The van der Waals surface area contributed by atoms with E-state index < -0.39 is 0 Å². The highest BCUT2D eigenvalue weighted by molar-refractivity contribution is 5.97. The second-order valence-corrected chi connectivity index (χ2v) is 7.10. The molecule has 0 radical (unpaired) electrons. The average molecular weight is 286 g/mol. The van der Waals surface area contributed by atoms with E-state index in [1.807, 2.05) is 30.3 Å². The summed E-state index contributed by atoms with van der Waals surface area (Å²) in [6.07, 6.45) is 7.43. The molecule has 3 rings (SSSR count). The fourth-order valence-corrected chi connectivity index (χ4v) is 4.19. The average Bonchev–Trinajstić information content (AvgIpc) is 2.47. The van der Waals surface area contributed by atoms with Crippen molar-refractivity contribution in [2.24, 2.45) is 11.1 Å². The van der Waals surface area contributed by atoms with Gasteiger partial charge in [-0.3, -0.25) is 9.69 Å². The summed E-state index contributed by atoms with van der Waals surface area (Å²) in [5, 5.41) is 0. The molecule has 21 heavy (non-hydrogen) atoms. The zero-order valence-corrected chi connectivity index (χ0v) is 12.9. The van der Waals surface area contributed by atoms with Gasteiger partial charge in [-0.15, -0.1) is 0 Å². The molecule has 2 N–H and O–H groups in total. The molecule has 0 saturated heterocycles. The van der Waals surface area contributed by atoms with Gasteiger partial charge in [-0.2, -0.15) is 0 Å². The van der Waals surface area contributed by atoms with Crippen LogP contribution in [-0.4, -0.2) is 36.4 Å². The van der Waals surface area contributed by atoms with E-state index in [-0.39, 0.29) is 5.78 Å². The van der Waals surface area contributed by atoms with Crippen molar-refractivity contribution < 1.29 is 4.79 Å². The Labute approximate surface area is 127 Å². The maximum atomic E-state index is 12.3. The molecule has 3 heteroatoms. The van der Waals surface area contributed by atoms with Crippen LogP contribution in [0.3, 0.4) is 0 Å². The first-order valence-electron chi connectivity index (χ1n) is 8.12. The molecule has 2 aliphatic rings. The number of nitrogens with two attached hydrogens (primary N) is 1. The molecule has 2 aliphatic carbocycles. The van der Waals surface area contributed by atoms with Gasteiger partial charge >= 0.3 is 0 Å². The highest BCUT2D eigenvalue weighted by Gasteiger charge is 2.44. The smallest absolute Gasteiger partial charge is 0.176 e. The minimum Gasteiger partial charge on any atom is -0.328 e. The maximum absolute atomic E-state index is 12.3. The molecule has 114 valence electrons. The molecule has 0 aromatic heterocycles. The molecule has 0 amide bonds. The van der Waals surface area contributed by atoms with Crippen molar-refractivity contribution in [1.29, 1.82) is 0 Å². The number of rotatable bonds is 4. The Hall–Kier alpha value is -1.19. The summed E-state index contributed by atoms with van der Waals surface area (Å²) in [4.78, 5) is 14.5. The zero-order valence-electron chi connectivity index (χ0n) is 12.9. The second kappa shape index (κ2) is 5.90. The Bertz CT molecular complexity index is 483. The summed E-state index contributed by atoms with van der Waals surface area (Å²) in [5.41, 5.74) is 7.33. The molecule has 2 saturated carbocycles. The predicted molar refractivity (Wildman–Crippen MR) is 85.3 cm³/mol. The minimum absolute atomic E-state index is 0.226. The molecule has 3 nitrogen and oxygen atoms in total. The number of carbonyl (C=O) groups excluding carboxylic acids is 1. The van der Waals surface area contributed by atoms with Crippen molar-refractivity contribution in [3.05, 3.63) is 35.9 Å². The van der Waals surface area contributed by atoms with Crippen LogP contribution in [0.2, 0.25) is 0 Å². The molecular formula is C18H26N2O. The van der Waals surface area contributed by atoms with E-state index in [1.165, 1.54) is 38.5 Å². The quantitative estimate of drug-likeness (QED) is 0.866. The summed E-state index contributed by atoms with van der Waals surface area (Å²) >= 11 is 0. The van der Waals surface area contributed by atoms with Crippen molar-refractivity contribution in [3.63, 3.8) is 0 Å². The summed E-state index contributed by atoms with van der Waals surface area (Å²) in [6, 6.07) is 10.6. The molecule has 1 spiro atoms. The molecule has 0 aliphatic heterocycles. The Kier molecular flexibility index (Phi) is 4.14. The van der Waals surface area contributed by atoms with Gasteiger partial charge < -0.3 is 5.73 Å². The Morgan fingerprint density at radius 3 is 2.43 bits per heavy atom. The predicted octanol–water partition coefficient (Wildman–Crippen LogP) is 2.85. The van der Waals surface area contributed by atoms with Gasteiger partial charge in [0.05, 0.1) is 6.54 Å². The Morgan fingerprint density at radius 2 is 1.86 bits per heavy atom. The standard InChI is InChI=1S/C18H26N2O/c1-20(13-17(21)14-5-3-2-4-6-14)16-7-9-18(10-8-16)11-15(19)12-18/h2-6,15-16H,7-13,19H2,1H3. The molecule has 1 aromatic rings. The number of benzene rings is 1. The number of nitrogens with zero attached hydrogens (tertiary/aromatic N) is 1. The van der Waals surface area contributed by atoms with Crippen molar-refractivity contribution in [3.8, 4) is 0 Å². The highest BCUT2D eigenvalue weighted by Crippen LogP contribution is 2.51. The molecule has 0 bridgehead atoms. The van der Waals surface area contributed by atoms with E-state index in [2.05, 4.69) is 11.9 Å². The van der Waals surface area contributed by atoms with E-state index in [0.717, 1.165) is 5.56 Å². The third-order valence-corrected chi connectivity index (χ3v) is 5.52. The van der Waals surface area contributed by atoms with E-state index in [0.29, 0.717) is 24.0 Å². The van der Waals surface area contributed by atoms with Gasteiger partial charge in [0.15, 0.2) is 5.78 Å².